The highest BCUT2D eigenvalue weighted by atomic mass is 15.0. The van der Waals surface area contributed by atoms with Gasteiger partial charge in [0.25, 0.3) is 0 Å². The Labute approximate surface area is 366 Å². The molecule has 0 radical (unpaired) electrons. The maximum Gasteiger partial charge on any atom is 0.132 e. The largest absolute Gasteiger partial charge is 0.405 e. The van der Waals surface area contributed by atoms with Gasteiger partial charge in [-0.1, -0.05) is 176 Å². The number of amidine groups is 1. The van der Waals surface area contributed by atoms with Crippen LogP contribution in [0.2, 0.25) is 0 Å². The highest BCUT2D eigenvalue weighted by Crippen LogP contribution is 2.36. The van der Waals surface area contributed by atoms with E-state index in [1.807, 2.05) is 141 Å². The smallest absolute Gasteiger partial charge is 0.132 e. The summed E-state index contributed by atoms with van der Waals surface area (Å²) in [6.45, 7) is 4.62. The monoisotopic (exact) mass is 810 g/mol. The maximum atomic E-state index is 6.64. The molecule has 0 saturated heterocycles. The number of aromatic nitrogens is 1. The molecule has 0 atom stereocenters. The van der Waals surface area contributed by atoms with Gasteiger partial charge in [0.15, 0.2) is 0 Å². The van der Waals surface area contributed by atoms with Gasteiger partial charge in [-0.2, -0.15) is 0 Å². The van der Waals surface area contributed by atoms with E-state index in [2.05, 4.69) is 101 Å². The fourth-order valence-electron chi connectivity index (χ4n) is 6.89. The van der Waals surface area contributed by atoms with Crippen LogP contribution in [0.25, 0.3) is 55.5 Å². The fraction of sp³-hybridized carbons (Fsp3) is 0.0536. The highest BCUT2D eigenvalue weighted by molar-refractivity contribution is 6.11. The van der Waals surface area contributed by atoms with Gasteiger partial charge in [-0.3, -0.25) is 0 Å². The van der Waals surface area contributed by atoms with Crippen LogP contribution in [0, 0.1) is 0 Å². The number of anilines is 1. The molecule has 0 aliphatic carbocycles. The quantitative estimate of drug-likeness (QED) is 0.0528. The Morgan fingerprint density at radius 3 is 1.79 bits per heavy atom. The first-order valence-corrected chi connectivity index (χ1v) is 20.7. The molecule has 0 saturated carbocycles. The zero-order valence-corrected chi connectivity index (χ0v) is 35.4. The fourth-order valence-corrected chi connectivity index (χ4v) is 6.89. The lowest BCUT2D eigenvalue weighted by Crippen LogP contribution is -2.12. The third kappa shape index (κ3) is 11.8. The molecule has 6 aromatic carbocycles. The van der Waals surface area contributed by atoms with E-state index in [-0.39, 0.29) is 0 Å². The summed E-state index contributed by atoms with van der Waals surface area (Å²) in [7, 11) is 0. The summed E-state index contributed by atoms with van der Waals surface area (Å²) in [5.74, 6) is 0.614. The molecule has 6 nitrogen and oxygen atoms in total. The minimum absolute atomic E-state index is 0.610. The molecule has 7 rings (SSSR count). The van der Waals surface area contributed by atoms with Crippen LogP contribution < -0.4 is 22.5 Å². The first-order valence-electron chi connectivity index (χ1n) is 20.7. The number of nitrogens with two attached hydrogens (primary N) is 3. The van der Waals surface area contributed by atoms with Gasteiger partial charge in [0.1, 0.15) is 5.84 Å². The molecule has 1 aromatic heterocycles. The van der Waals surface area contributed by atoms with E-state index in [4.69, 9.17) is 22.2 Å². The minimum Gasteiger partial charge on any atom is -0.405 e. The number of rotatable bonds is 13. The molecule has 0 spiro atoms. The first-order chi connectivity index (χ1) is 30.5. The molecule has 7 aromatic rings. The van der Waals surface area contributed by atoms with Crippen LogP contribution >= 0.6 is 0 Å². The zero-order valence-electron chi connectivity index (χ0n) is 35.4. The predicted molar refractivity (Wildman–Crippen MR) is 269 cm³/mol. The second-order valence-electron chi connectivity index (χ2n) is 14.2. The maximum absolute atomic E-state index is 6.64. The summed E-state index contributed by atoms with van der Waals surface area (Å²) in [5, 5.41) is 6.04. The lowest BCUT2D eigenvalue weighted by atomic mass is 9.97. The van der Waals surface area contributed by atoms with Gasteiger partial charge < -0.3 is 27.1 Å². The number of hydrogen-bond acceptors (Lipinski definition) is 4. The summed E-state index contributed by atoms with van der Waals surface area (Å²) < 4.78 is 2.34. The van der Waals surface area contributed by atoms with E-state index in [0.29, 0.717) is 18.1 Å². The topological polar surface area (TPSA) is 107 Å². The van der Waals surface area contributed by atoms with Gasteiger partial charge >= 0.3 is 0 Å². The molecular weight excluding hydrogens is 757 g/mol. The second-order valence-corrected chi connectivity index (χ2v) is 14.2. The average Bonchev–Trinajstić information content (AvgIpc) is 3.64. The summed E-state index contributed by atoms with van der Waals surface area (Å²) in [6.07, 6.45) is 26.5. The van der Waals surface area contributed by atoms with E-state index in [0.717, 1.165) is 50.3 Å². The normalized spacial score (nSPS) is 12.8. The van der Waals surface area contributed by atoms with Crippen LogP contribution in [0.1, 0.15) is 25.0 Å². The number of fused-ring (bicyclic) bond motifs is 3. The molecule has 0 aliphatic rings. The molecule has 0 aliphatic heterocycles. The summed E-state index contributed by atoms with van der Waals surface area (Å²) >= 11 is 0. The molecule has 0 fully saturated rings. The van der Waals surface area contributed by atoms with Crippen molar-refractivity contribution in [2.24, 2.45) is 22.2 Å². The summed E-state index contributed by atoms with van der Waals surface area (Å²) in [5.41, 5.74) is 29.1. The van der Waals surface area contributed by atoms with Crippen molar-refractivity contribution in [2.45, 2.75) is 20.4 Å². The van der Waals surface area contributed by atoms with Crippen molar-refractivity contribution < 1.29 is 0 Å². The number of nitrogens with one attached hydrogen (secondary N) is 1. The molecule has 0 bridgehead atoms. The van der Waals surface area contributed by atoms with Crippen molar-refractivity contribution in [3.05, 3.63) is 248 Å². The molecule has 6 heteroatoms. The Hall–Kier alpha value is -8.09. The van der Waals surface area contributed by atoms with Crippen LogP contribution in [-0.2, 0) is 6.54 Å². The Balaban J connectivity index is 0.000000730. The van der Waals surface area contributed by atoms with Crippen LogP contribution in [0.5, 0.6) is 0 Å². The van der Waals surface area contributed by atoms with Gasteiger partial charge in [-0.05, 0) is 90.4 Å². The predicted octanol–water partition coefficient (Wildman–Crippen LogP) is 13.2. The SMILES string of the molecule is C/C=C/C=C\C=C/N.C/C=C/C=C\C=C/N=C(/C=C(\N)c1ccccc1)Nc1cc(-c2ccc3c(c2)c2ccccc2n3C/C=C(\N)c2ccccc2)ccc1-c1ccccc1. The van der Waals surface area contributed by atoms with Gasteiger partial charge in [0.05, 0.1) is 0 Å². The van der Waals surface area contributed by atoms with Gasteiger partial charge in [0.2, 0.25) is 0 Å². The van der Waals surface area contributed by atoms with E-state index in [9.17, 15) is 0 Å². The minimum atomic E-state index is 0.610. The van der Waals surface area contributed by atoms with E-state index in [1.165, 1.54) is 22.5 Å². The van der Waals surface area contributed by atoms with Crippen molar-refractivity contribution in [2.75, 3.05) is 5.32 Å². The molecular formula is C56H54N6. The zero-order chi connectivity index (χ0) is 43.4. The third-order valence-electron chi connectivity index (χ3n) is 9.94. The number of hydrogen-bond donors (Lipinski definition) is 4. The van der Waals surface area contributed by atoms with Gasteiger partial charge in [-0.25, -0.2) is 4.99 Å². The molecule has 62 heavy (non-hydrogen) atoms. The lowest BCUT2D eigenvalue weighted by Gasteiger charge is -2.15. The van der Waals surface area contributed by atoms with E-state index >= 15 is 0 Å². The van der Waals surface area contributed by atoms with Crippen LogP contribution in [0.15, 0.2) is 242 Å². The van der Waals surface area contributed by atoms with E-state index in [1.54, 1.807) is 12.3 Å². The molecule has 308 valence electrons. The number of aliphatic imine (C=N–C) groups is 1. The summed E-state index contributed by atoms with van der Waals surface area (Å²) in [6, 6.07) is 52.3. The Kier molecular flexibility index (Phi) is 16.1. The van der Waals surface area contributed by atoms with Crippen LogP contribution in [0.3, 0.4) is 0 Å². The van der Waals surface area contributed by atoms with Crippen LogP contribution in [-0.4, -0.2) is 10.4 Å². The first kappa shape index (κ1) is 43.5. The molecule has 1 heterocycles. The number of allylic oxidation sites excluding steroid dienone is 11. The third-order valence-corrected chi connectivity index (χ3v) is 9.94. The second kappa shape index (κ2) is 22.9. The van der Waals surface area contributed by atoms with Crippen molar-refractivity contribution in [3.8, 4) is 22.3 Å². The van der Waals surface area contributed by atoms with Gasteiger partial charge in [-0.15, -0.1) is 0 Å². The number of benzene rings is 6. The van der Waals surface area contributed by atoms with Gasteiger partial charge in [0, 0.05) is 63.3 Å². The standard InChI is InChI=1S/C49H43N5.C7H11N/c1-2-3-4-5-17-31-52-49(35-45(51)38-22-13-8-14-23-38)53-46-34-40(26-28-41(46)36-18-9-6-10-19-36)39-27-29-48-43(33-39)42-24-15-16-25-47(42)54(48)32-30-44(50)37-20-11-7-12-21-37;1-2-3-4-5-6-7-8/h2-31,33-35H,32,50-51H2,1H3,(H,52,53);2-7H,8H2,1H3/b3-2+,5-4-,31-17-,44-30-,45-35-;3-2+,5-4-,7-6-. The Morgan fingerprint density at radius 1 is 0.548 bits per heavy atom. The average molecular weight is 811 g/mol. The lowest BCUT2D eigenvalue weighted by molar-refractivity contribution is 0.899. The molecule has 0 unspecified atom stereocenters. The number of nitrogens with zero attached hydrogens (tertiary/aromatic N) is 2. The molecule has 7 N–H and O–H groups in total. The van der Waals surface area contributed by atoms with Crippen molar-refractivity contribution in [1.29, 1.82) is 0 Å². The van der Waals surface area contributed by atoms with Crippen molar-refractivity contribution >= 4 is 44.7 Å². The summed E-state index contributed by atoms with van der Waals surface area (Å²) in [4.78, 5) is 4.82. The van der Waals surface area contributed by atoms with Crippen molar-refractivity contribution in [3.63, 3.8) is 0 Å². The van der Waals surface area contributed by atoms with Crippen molar-refractivity contribution in [1.82, 2.24) is 4.57 Å². The van der Waals surface area contributed by atoms with Crippen LogP contribution in [0.4, 0.5) is 5.69 Å². The number of para-hydroxylation sites is 1. The molecule has 0 amide bonds. The Morgan fingerprint density at radius 2 is 1.11 bits per heavy atom. The Bertz CT molecular complexity index is 2800. The van der Waals surface area contributed by atoms with E-state index < -0.39 is 0 Å². The highest BCUT2D eigenvalue weighted by Gasteiger charge is 2.14.